The van der Waals surface area contributed by atoms with Crippen LogP contribution in [0.5, 0.6) is 0 Å². The summed E-state index contributed by atoms with van der Waals surface area (Å²) in [5, 5.41) is 6.98. The number of nitrogens with zero attached hydrogens (tertiary/aromatic N) is 1. The van der Waals surface area contributed by atoms with Crippen molar-refractivity contribution < 1.29 is 4.74 Å². The summed E-state index contributed by atoms with van der Waals surface area (Å²) >= 11 is 1.80. The lowest BCUT2D eigenvalue weighted by Gasteiger charge is -2.05. The molecule has 1 N–H and O–H groups in total. The Bertz CT molecular complexity index is 297. The molecule has 0 spiro atoms. The Morgan fingerprint density at radius 1 is 1.47 bits per heavy atom. The van der Waals surface area contributed by atoms with Gasteiger partial charge in [-0.3, -0.25) is 0 Å². The van der Waals surface area contributed by atoms with Crippen molar-refractivity contribution in [2.75, 3.05) is 19.8 Å². The van der Waals surface area contributed by atoms with Crippen LogP contribution in [-0.4, -0.2) is 24.7 Å². The summed E-state index contributed by atoms with van der Waals surface area (Å²) < 4.78 is 5.40. The molecule has 82 valence electrons. The Morgan fingerprint density at radius 2 is 2.47 bits per heavy atom. The topological polar surface area (TPSA) is 34.2 Å². The molecule has 4 heteroatoms. The standard InChI is InChI=1S/C11H16N2OS/c1-2-9(12-4-1)11-13-10(7-15-11)8-3-5-14-6-8/h7-9,12H,1-6H2. The van der Waals surface area contributed by atoms with Crippen LogP contribution in [0.4, 0.5) is 0 Å². The number of hydrogen-bond acceptors (Lipinski definition) is 4. The summed E-state index contributed by atoms with van der Waals surface area (Å²) in [6, 6.07) is 0.520. The van der Waals surface area contributed by atoms with Gasteiger partial charge in [0, 0.05) is 17.9 Å². The Hall–Kier alpha value is -0.450. The first-order chi connectivity index (χ1) is 7.43. The molecule has 2 atom stereocenters. The minimum atomic E-state index is 0.520. The van der Waals surface area contributed by atoms with Crippen molar-refractivity contribution in [3.63, 3.8) is 0 Å². The highest BCUT2D eigenvalue weighted by Crippen LogP contribution is 2.31. The van der Waals surface area contributed by atoms with Crippen molar-refractivity contribution in [2.24, 2.45) is 0 Å². The van der Waals surface area contributed by atoms with E-state index in [1.165, 1.54) is 23.5 Å². The third-order valence-electron chi connectivity index (χ3n) is 3.25. The van der Waals surface area contributed by atoms with E-state index in [4.69, 9.17) is 9.72 Å². The zero-order valence-electron chi connectivity index (χ0n) is 8.74. The first kappa shape index (κ1) is 9.75. The van der Waals surface area contributed by atoms with Crippen LogP contribution in [-0.2, 0) is 4.74 Å². The lowest BCUT2D eigenvalue weighted by atomic mass is 10.1. The average molecular weight is 224 g/mol. The van der Waals surface area contributed by atoms with Crippen molar-refractivity contribution in [3.8, 4) is 0 Å². The fraction of sp³-hybridized carbons (Fsp3) is 0.727. The minimum Gasteiger partial charge on any atom is -0.381 e. The van der Waals surface area contributed by atoms with Crippen molar-refractivity contribution in [2.45, 2.75) is 31.2 Å². The summed E-state index contributed by atoms with van der Waals surface area (Å²) in [4.78, 5) is 4.75. The predicted octanol–water partition coefficient (Wildman–Crippen LogP) is 2.07. The summed E-state index contributed by atoms with van der Waals surface area (Å²) in [7, 11) is 0. The third kappa shape index (κ3) is 1.94. The molecule has 15 heavy (non-hydrogen) atoms. The fourth-order valence-corrected chi connectivity index (χ4v) is 3.32. The molecule has 2 aliphatic rings. The maximum absolute atomic E-state index is 5.40. The quantitative estimate of drug-likeness (QED) is 0.835. The predicted molar refractivity (Wildman–Crippen MR) is 60.3 cm³/mol. The van der Waals surface area contributed by atoms with E-state index in [2.05, 4.69) is 10.7 Å². The smallest absolute Gasteiger partial charge is 0.110 e. The first-order valence-electron chi connectivity index (χ1n) is 5.70. The Balaban J connectivity index is 1.74. The van der Waals surface area contributed by atoms with Crippen molar-refractivity contribution in [1.82, 2.24) is 10.3 Å². The molecule has 2 saturated heterocycles. The highest BCUT2D eigenvalue weighted by Gasteiger charge is 2.24. The average Bonchev–Trinajstić information content (AvgIpc) is 3.02. The van der Waals surface area contributed by atoms with E-state index in [1.807, 2.05) is 0 Å². The molecular formula is C11H16N2OS. The van der Waals surface area contributed by atoms with E-state index >= 15 is 0 Å². The first-order valence-corrected chi connectivity index (χ1v) is 6.58. The second-order valence-electron chi connectivity index (χ2n) is 4.32. The zero-order chi connectivity index (χ0) is 10.1. The van der Waals surface area contributed by atoms with Gasteiger partial charge in [0.25, 0.3) is 0 Å². The molecular weight excluding hydrogens is 208 g/mol. The highest BCUT2D eigenvalue weighted by atomic mass is 32.1. The second-order valence-corrected chi connectivity index (χ2v) is 5.21. The summed E-state index contributed by atoms with van der Waals surface area (Å²) in [6.45, 7) is 2.91. The van der Waals surface area contributed by atoms with Crippen LogP contribution in [0.1, 0.15) is 41.9 Å². The molecule has 0 saturated carbocycles. The van der Waals surface area contributed by atoms with E-state index in [1.54, 1.807) is 11.3 Å². The molecule has 0 aromatic carbocycles. The van der Waals surface area contributed by atoms with Gasteiger partial charge in [-0.1, -0.05) is 0 Å². The van der Waals surface area contributed by atoms with Crippen molar-refractivity contribution in [1.29, 1.82) is 0 Å². The lowest BCUT2D eigenvalue weighted by molar-refractivity contribution is 0.193. The zero-order valence-corrected chi connectivity index (χ0v) is 9.55. The van der Waals surface area contributed by atoms with Crippen LogP contribution in [0.2, 0.25) is 0 Å². The van der Waals surface area contributed by atoms with Gasteiger partial charge < -0.3 is 10.1 Å². The van der Waals surface area contributed by atoms with Crippen LogP contribution in [0.3, 0.4) is 0 Å². The number of thiazole rings is 1. The fourth-order valence-electron chi connectivity index (χ4n) is 2.31. The van der Waals surface area contributed by atoms with E-state index in [0.717, 1.165) is 26.2 Å². The monoisotopic (exact) mass is 224 g/mol. The van der Waals surface area contributed by atoms with Crippen LogP contribution >= 0.6 is 11.3 Å². The van der Waals surface area contributed by atoms with Gasteiger partial charge in [-0.2, -0.15) is 0 Å². The molecule has 0 aliphatic carbocycles. The minimum absolute atomic E-state index is 0.520. The molecule has 0 radical (unpaired) electrons. The van der Waals surface area contributed by atoms with Crippen LogP contribution in [0.25, 0.3) is 0 Å². The van der Waals surface area contributed by atoms with Gasteiger partial charge in [-0.25, -0.2) is 4.98 Å². The van der Waals surface area contributed by atoms with Gasteiger partial charge in [0.15, 0.2) is 0 Å². The molecule has 0 amide bonds. The van der Waals surface area contributed by atoms with Gasteiger partial charge in [0.05, 0.1) is 18.3 Å². The normalized spacial score (nSPS) is 31.2. The van der Waals surface area contributed by atoms with E-state index < -0.39 is 0 Å². The number of nitrogens with one attached hydrogen (secondary N) is 1. The van der Waals surface area contributed by atoms with E-state index in [-0.39, 0.29) is 0 Å². The van der Waals surface area contributed by atoms with E-state index in [9.17, 15) is 0 Å². The van der Waals surface area contributed by atoms with Gasteiger partial charge in [-0.15, -0.1) is 11.3 Å². The maximum atomic E-state index is 5.40. The summed E-state index contributed by atoms with van der Waals surface area (Å²) in [5.41, 5.74) is 1.25. The van der Waals surface area contributed by atoms with E-state index in [0.29, 0.717) is 12.0 Å². The molecule has 0 bridgehead atoms. The second kappa shape index (κ2) is 4.20. The molecule has 1 aromatic heterocycles. The van der Waals surface area contributed by atoms with Gasteiger partial charge in [0.1, 0.15) is 5.01 Å². The number of hydrogen-bond donors (Lipinski definition) is 1. The van der Waals surface area contributed by atoms with Crippen LogP contribution < -0.4 is 5.32 Å². The molecule has 3 nitrogen and oxygen atoms in total. The molecule has 2 unspecified atom stereocenters. The highest BCUT2D eigenvalue weighted by molar-refractivity contribution is 7.09. The maximum Gasteiger partial charge on any atom is 0.110 e. The summed E-state index contributed by atoms with van der Waals surface area (Å²) in [5.74, 6) is 0.552. The van der Waals surface area contributed by atoms with Gasteiger partial charge in [-0.05, 0) is 25.8 Å². The molecule has 2 fully saturated rings. The number of aromatic nitrogens is 1. The van der Waals surface area contributed by atoms with Crippen LogP contribution in [0, 0.1) is 0 Å². The van der Waals surface area contributed by atoms with Crippen LogP contribution in [0.15, 0.2) is 5.38 Å². The lowest BCUT2D eigenvalue weighted by Crippen LogP contribution is -2.12. The Labute approximate surface area is 93.9 Å². The van der Waals surface area contributed by atoms with Crippen molar-refractivity contribution in [3.05, 3.63) is 16.1 Å². The van der Waals surface area contributed by atoms with Crippen molar-refractivity contribution >= 4 is 11.3 Å². The largest absolute Gasteiger partial charge is 0.381 e. The Kier molecular flexibility index (Phi) is 2.73. The van der Waals surface area contributed by atoms with Gasteiger partial charge >= 0.3 is 0 Å². The molecule has 3 rings (SSSR count). The molecule has 1 aromatic rings. The van der Waals surface area contributed by atoms with Gasteiger partial charge in [0.2, 0.25) is 0 Å². The summed E-state index contributed by atoms with van der Waals surface area (Å²) in [6.07, 6.45) is 3.67. The SMILES string of the molecule is c1sc(C2CCCN2)nc1C1CCOC1. The third-order valence-corrected chi connectivity index (χ3v) is 4.22. The number of rotatable bonds is 2. The molecule has 3 heterocycles. The Morgan fingerprint density at radius 3 is 3.20 bits per heavy atom. The number of ether oxygens (including phenoxy) is 1. The molecule has 2 aliphatic heterocycles.